The molecule has 1 aromatic carbocycles. The van der Waals surface area contributed by atoms with Crippen LogP contribution in [0.1, 0.15) is 24.0 Å². The van der Waals surface area contributed by atoms with Gasteiger partial charge in [0, 0.05) is 39.3 Å². The summed E-state index contributed by atoms with van der Waals surface area (Å²) in [6.45, 7) is 8.88. The number of aromatic nitrogens is 1. The van der Waals surface area contributed by atoms with Crippen LogP contribution >= 0.6 is 11.3 Å². The lowest BCUT2D eigenvalue weighted by Gasteiger charge is -2.39. The number of carbonyl (C=O) groups excluding carboxylic acids is 1. The number of urea groups is 1. The molecule has 0 atom stereocenters. The number of rotatable bonds is 2. The summed E-state index contributed by atoms with van der Waals surface area (Å²) in [5.41, 5.74) is 3.71. The molecule has 2 saturated heterocycles. The Morgan fingerprint density at radius 3 is 2.59 bits per heavy atom. The number of morpholine rings is 1. The first-order valence-corrected chi connectivity index (χ1v) is 10.6. The van der Waals surface area contributed by atoms with Gasteiger partial charge in [0.1, 0.15) is 0 Å². The topological polar surface area (TPSA) is 48.9 Å². The third-order valence-corrected chi connectivity index (χ3v) is 7.02. The number of hydrogen-bond acceptors (Lipinski definition) is 5. The Balaban J connectivity index is 1.40. The van der Waals surface area contributed by atoms with Crippen LogP contribution in [0.3, 0.4) is 0 Å². The van der Waals surface area contributed by atoms with Crippen molar-refractivity contribution in [2.45, 2.75) is 32.7 Å². The average molecular weight is 389 g/mol. The number of benzene rings is 1. The van der Waals surface area contributed by atoms with Gasteiger partial charge in [0.05, 0.1) is 23.4 Å². The van der Waals surface area contributed by atoms with Crippen LogP contribution in [-0.4, -0.2) is 73.3 Å². The van der Waals surface area contributed by atoms with Crippen LogP contribution in [0.5, 0.6) is 0 Å². The van der Waals surface area contributed by atoms with Gasteiger partial charge in [0.25, 0.3) is 0 Å². The predicted molar refractivity (Wildman–Crippen MR) is 110 cm³/mol. The summed E-state index contributed by atoms with van der Waals surface area (Å²) < 4.78 is 6.61. The number of piperidine rings is 1. The largest absolute Gasteiger partial charge is 0.378 e. The Labute approximate surface area is 164 Å². The molecule has 2 aliphatic heterocycles. The molecular weight excluding hydrogens is 360 g/mol. The van der Waals surface area contributed by atoms with Gasteiger partial charge in [-0.05, 0) is 43.9 Å². The van der Waals surface area contributed by atoms with Crippen LogP contribution in [0.15, 0.2) is 12.1 Å². The molecule has 2 fully saturated rings. The number of amides is 2. The minimum Gasteiger partial charge on any atom is -0.378 e. The first-order chi connectivity index (χ1) is 13.0. The van der Waals surface area contributed by atoms with Crippen molar-refractivity contribution < 1.29 is 9.53 Å². The molecule has 6 nitrogen and oxygen atoms in total. The summed E-state index contributed by atoms with van der Waals surface area (Å²) in [6, 6.07) is 4.80. The fourth-order valence-electron chi connectivity index (χ4n) is 3.93. The molecule has 0 unspecified atom stereocenters. The van der Waals surface area contributed by atoms with E-state index in [0.29, 0.717) is 32.3 Å². The van der Waals surface area contributed by atoms with Crippen molar-refractivity contribution in [2.75, 3.05) is 51.3 Å². The standard InChI is InChI=1S/C20H28N4O2S/c1-14-4-5-17-18(15(14)2)21-19(27-17)23-8-6-16(7-9-23)22(3)20(25)24-10-12-26-13-11-24/h4-5,16H,6-13H2,1-3H3. The van der Waals surface area contributed by atoms with E-state index in [9.17, 15) is 4.79 Å². The molecule has 2 amide bonds. The lowest BCUT2D eigenvalue weighted by molar-refractivity contribution is 0.0409. The molecular formula is C20H28N4O2S. The maximum absolute atomic E-state index is 12.7. The van der Waals surface area contributed by atoms with E-state index in [1.54, 1.807) is 11.3 Å². The normalized spacial score (nSPS) is 18.9. The highest BCUT2D eigenvalue weighted by atomic mass is 32.1. The number of hydrogen-bond donors (Lipinski definition) is 0. The van der Waals surface area contributed by atoms with Crippen molar-refractivity contribution in [2.24, 2.45) is 0 Å². The molecule has 0 spiro atoms. The van der Waals surface area contributed by atoms with Crippen molar-refractivity contribution >= 4 is 32.7 Å². The van der Waals surface area contributed by atoms with Gasteiger partial charge in [-0.2, -0.15) is 0 Å². The van der Waals surface area contributed by atoms with Crippen LogP contribution in [0.25, 0.3) is 10.2 Å². The molecule has 0 saturated carbocycles. The SMILES string of the molecule is Cc1ccc2sc(N3CCC(N(C)C(=O)N4CCOCC4)CC3)nc2c1C. The fraction of sp³-hybridized carbons (Fsp3) is 0.600. The lowest BCUT2D eigenvalue weighted by atomic mass is 10.0. The number of nitrogens with zero attached hydrogens (tertiary/aromatic N) is 4. The summed E-state index contributed by atoms with van der Waals surface area (Å²) in [4.78, 5) is 23.9. The molecule has 0 aliphatic carbocycles. The highest BCUT2D eigenvalue weighted by Gasteiger charge is 2.29. The van der Waals surface area contributed by atoms with E-state index in [1.807, 2.05) is 16.8 Å². The second kappa shape index (κ2) is 7.64. The van der Waals surface area contributed by atoms with Crippen LogP contribution in [0.2, 0.25) is 0 Å². The van der Waals surface area contributed by atoms with E-state index >= 15 is 0 Å². The van der Waals surface area contributed by atoms with E-state index in [0.717, 1.165) is 36.6 Å². The van der Waals surface area contributed by atoms with Gasteiger partial charge < -0.3 is 19.4 Å². The first-order valence-electron chi connectivity index (χ1n) is 9.76. The molecule has 0 radical (unpaired) electrons. The molecule has 146 valence electrons. The van der Waals surface area contributed by atoms with Gasteiger partial charge in [-0.3, -0.25) is 0 Å². The number of ether oxygens (including phenoxy) is 1. The number of carbonyl (C=O) groups is 1. The summed E-state index contributed by atoms with van der Waals surface area (Å²) in [5.74, 6) is 0. The average Bonchev–Trinajstić information content (AvgIpc) is 3.15. The first kappa shape index (κ1) is 18.5. The fourth-order valence-corrected chi connectivity index (χ4v) is 5.00. The van der Waals surface area contributed by atoms with Crippen LogP contribution in [-0.2, 0) is 4.74 Å². The number of fused-ring (bicyclic) bond motifs is 1. The van der Waals surface area contributed by atoms with E-state index in [4.69, 9.17) is 9.72 Å². The molecule has 1 aromatic heterocycles. The minimum atomic E-state index is 0.142. The molecule has 2 aromatic rings. The van der Waals surface area contributed by atoms with Crippen LogP contribution in [0, 0.1) is 13.8 Å². The third kappa shape index (κ3) is 3.62. The maximum Gasteiger partial charge on any atom is 0.320 e. The summed E-state index contributed by atoms with van der Waals surface area (Å²) in [7, 11) is 1.95. The van der Waals surface area contributed by atoms with Crippen molar-refractivity contribution in [1.82, 2.24) is 14.8 Å². The molecule has 2 aliphatic rings. The smallest absolute Gasteiger partial charge is 0.320 e. The van der Waals surface area contributed by atoms with E-state index in [2.05, 4.69) is 30.9 Å². The van der Waals surface area contributed by atoms with Crippen molar-refractivity contribution in [3.63, 3.8) is 0 Å². The predicted octanol–water partition coefficient (Wildman–Crippen LogP) is 3.27. The quantitative estimate of drug-likeness (QED) is 0.792. The second-order valence-corrected chi connectivity index (χ2v) is 8.57. The number of anilines is 1. The number of thiazole rings is 1. The van der Waals surface area contributed by atoms with E-state index < -0.39 is 0 Å². The minimum absolute atomic E-state index is 0.142. The van der Waals surface area contributed by atoms with Gasteiger partial charge in [-0.1, -0.05) is 17.4 Å². The molecule has 27 heavy (non-hydrogen) atoms. The van der Waals surface area contributed by atoms with Gasteiger partial charge in [-0.25, -0.2) is 9.78 Å². The Morgan fingerprint density at radius 2 is 1.89 bits per heavy atom. The third-order valence-electron chi connectivity index (χ3n) is 5.94. The molecule has 3 heterocycles. The molecule has 4 rings (SSSR count). The highest BCUT2D eigenvalue weighted by Crippen LogP contribution is 2.33. The second-order valence-electron chi connectivity index (χ2n) is 7.56. The summed E-state index contributed by atoms with van der Waals surface area (Å²) >= 11 is 1.78. The molecule has 0 N–H and O–H groups in total. The Hall–Kier alpha value is -1.86. The summed E-state index contributed by atoms with van der Waals surface area (Å²) in [5, 5.41) is 1.11. The molecule has 0 bridgehead atoms. The summed E-state index contributed by atoms with van der Waals surface area (Å²) in [6.07, 6.45) is 1.97. The van der Waals surface area contributed by atoms with Crippen molar-refractivity contribution in [3.05, 3.63) is 23.3 Å². The number of aryl methyl sites for hydroxylation is 2. The van der Waals surface area contributed by atoms with E-state index in [1.165, 1.54) is 15.8 Å². The monoisotopic (exact) mass is 388 g/mol. The lowest BCUT2D eigenvalue weighted by Crippen LogP contribution is -2.52. The van der Waals surface area contributed by atoms with Gasteiger partial charge in [-0.15, -0.1) is 0 Å². The Bertz CT molecular complexity index is 823. The Morgan fingerprint density at radius 1 is 1.19 bits per heavy atom. The van der Waals surface area contributed by atoms with Crippen molar-refractivity contribution in [1.29, 1.82) is 0 Å². The van der Waals surface area contributed by atoms with Crippen LogP contribution < -0.4 is 4.90 Å². The zero-order valence-electron chi connectivity index (χ0n) is 16.4. The van der Waals surface area contributed by atoms with Gasteiger partial charge in [0.2, 0.25) is 0 Å². The molecule has 7 heteroatoms. The maximum atomic E-state index is 12.7. The van der Waals surface area contributed by atoms with Gasteiger partial charge in [0.15, 0.2) is 5.13 Å². The highest BCUT2D eigenvalue weighted by molar-refractivity contribution is 7.22. The van der Waals surface area contributed by atoms with Gasteiger partial charge >= 0.3 is 6.03 Å². The van der Waals surface area contributed by atoms with E-state index in [-0.39, 0.29) is 6.03 Å². The Kier molecular flexibility index (Phi) is 5.23. The van der Waals surface area contributed by atoms with Crippen molar-refractivity contribution in [3.8, 4) is 0 Å². The zero-order valence-corrected chi connectivity index (χ0v) is 17.2. The zero-order chi connectivity index (χ0) is 19.0. The van der Waals surface area contributed by atoms with Crippen LogP contribution in [0.4, 0.5) is 9.93 Å².